The largest absolute Gasteiger partial charge is 0.493 e. The third-order valence-electron chi connectivity index (χ3n) is 3.02. The van der Waals surface area contributed by atoms with Gasteiger partial charge >= 0.3 is 0 Å². The fourth-order valence-corrected chi connectivity index (χ4v) is 2.83. The molecule has 0 aliphatic rings. The van der Waals surface area contributed by atoms with E-state index in [-0.39, 0.29) is 5.91 Å². The van der Waals surface area contributed by atoms with Crippen LogP contribution in [0.15, 0.2) is 29.6 Å². The molecule has 118 valence electrons. The molecule has 5 heteroatoms. The predicted octanol–water partition coefficient (Wildman–Crippen LogP) is 3.52. The zero-order valence-electron chi connectivity index (χ0n) is 13.3. The molecule has 0 unspecified atom stereocenters. The summed E-state index contributed by atoms with van der Waals surface area (Å²) in [5, 5.41) is 5.73. The summed E-state index contributed by atoms with van der Waals surface area (Å²) in [6.45, 7) is 7.43. The number of amides is 1. The molecule has 2 aromatic rings. The van der Waals surface area contributed by atoms with Gasteiger partial charge in [-0.2, -0.15) is 0 Å². The Bertz CT molecular complexity index is 623. The van der Waals surface area contributed by atoms with Crippen LogP contribution in [0, 0.1) is 5.92 Å². The third-order valence-corrected chi connectivity index (χ3v) is 3.94. The minimum atomic E-state index is 0.0173. The summed E-state index contributed by atoms with van der Waals surface area (Å²) >= 11 is 1.54. The van der Waals surface area contributed by atoms with Gasteiger partial charge in [0.2, 0.25) is 5.91 Å². The monoisotopic (exact) mass is 318 g/mol. The topological polar surface area (TPSA) is 51.2 Å². The van der Waals surface area contributed by atoms with E-state index >= 15 is 0 Å². The van der Waals surface area contributed by atoms with Crippen LogP contribution in [-0.2, 0) is 11.2 Å². The molecule has 1 aromatic carbocycles. The number of aromatic nitrogens is 1. The summed E-state index contributed by atoms with van der Waals surface area (Å²) in [7, 11) is 0. The predicted molar refractivity (Wildman–Crippen MR) is 90.3 cm³/mol. The molecule has 0 aliphatic carbocycles. The van der Waals surface area contributed by atoms with Crippen LogP contribution in [0.5, 0.6) is 5.75 Å². The molecule has 0 fully saturated rings. The first-order chi connectivity index (χ1) is 10.6. The zero-order chi connectivity index (χ0) is 15.9. The summed E-state index contributed by atoms with van der Waals surface area (Å²) in [5.41, 5.74) is 1.77. The lowest BCUT2D eigenvalue weighted by Gasteiger charge is -2.07. The Balaban J connectivity index is 2.07. The quantitative estimate of drug-likeness (QED) is 0.850. The van der Waals surface area contributed by atoms with Gasteiger partial charge in [-0.3, -0.25) is 4.79 Å². The highest BCUT2D eigenvalue weighted by molar-refractivity contribution is 7.13. The minimum Gasteiger partial charge on any atom is -0.493 e. The van der Waals surface area contributed by atoms with Gasteiger partial charge < -0.3 is 10.1 Å². The summed E-state index contributed by atoms with van der Waals surface area (Å²) in [5.74, 6) is 1.30. The highest BCUT2D eigenvalue weighted by atomic mass is 32.1. The lowest BCUT2D eigenvalue weighted by atomic mass is 10.2. The van der Waals surface area contributed by atoms with Crippen LogP contribution in [0.1, 0.15) is 26.5 Å². The number of hydrogen-bond donors (Lipinski definition) is 1. The number of nitrogens with one attached hydrogen (secondary N) is 1. The van der Waals surface area contributed by atoms with Gasteiger partial charge in [-0.05, 0) is 25.0 Å². The first-order valence-electron chi connectivity index (χ1n) is 7.53. The van der Waals surface area contributed by atoms with Crippen molar-refractivity contribution in [2.75, 3.05) is 13.2 Å². The Morgan fingerprint density at radius 1 is 1.36 bits per heavy atom. The van der Waals surface area contributed by atoms with Crippen molar-refractivity contribution in [3.05, 3.63) is 35.3 Å². The van der Waals surface area contributed by atoms with Crippen LogP contribution in [-0.4, -0.2) is 24.0 Å². The van der Waals surface area contributed by atoms with Crippen molar-refractivity contribution in [1.29, 1.82) is 0 Å². The molecule has 0 spiro atoms. The molecule has 2 rings (SSSR count). The van der Waals surface area contributed by atoms with E-state index in [0.29, 0.717) is 25.5 Å². The van der Waals surface area contributed by atoms with Crippen LogP contribution >= 0.6 is 11.3 Å². The molecule has 1 heterocycles. The second kappa shape index (κ2) is 7.94. The second-order valence-corrected chi connectivity index (χ2v) is 6.31. The average Bonchev–Trinajstić information content (AvgIpc) is 2.94. The highest BCUT2D eigenvalue weighted by Gasteiger charge is 2.12. The molecule has 0 saturated carbocycles. The average molecular weight is 318 g/mol. The van der Waals surface area contributed by atoms with E-state index in [4.69, 9.17) is 4.74 Å². The Labute approximate surface area is 135 Å². The first kappa shape index (κ1) is 16.5. The molecule has 1 amide bonds. The lowest BCUT2D eigenvalue weighted by molar-refractivity contribution is -0.120. The minimum absolute atomic E-state index is 0.0173. The van der Waals surface area contributed by atoms with Gasteiger partial charge in [-0.1, -0.05) is 26.0 Å². The van der Waals surface area contributed by atoms with Gasteiger partial charge in [0.05, 0.1) is 24.3 Å². The van der Waals surface area contributed by atoms with Gasteiger partial charge in [-0.15, -0.1) is 11.3 Å². The van der Waals surface area contributed by atoms with E-state index in [1.165, 1.54) is 11.3 Å². The molecule has 0 aliphatic heterocycles. The van der Waals surface area contributed by atoms with Gasteiger partial charge in [0.15, 0.2) is 0 Å². The number of nitrogens with zero attached hydrogens (tertiary/aromatic N) is 1. The van der Waals surface area contributed by atoms with E-state index in [1.807, 2.05) is 36.6 Å². The van der Waals surface area contributed by atoms with Crippen LogP contribution in [0.3, 0.4) is 0 Å². The number of hydrogen-bond acceptors (Lipinski definition) is 4. The van der Waals surface area contributed by atoms with Gasteiger partial charge in [0, 0.05) is 11.9 Å². The van der Waals surface area contributed by atoms with Crippen LogP contribution in [0.25, 0.3) is 10.6 Å². The maximum atomic E-state index is 11.9. The van der Waals surface area contributed by atoms with E-state index in [9.17, 15) is 4.79 Å². The number of para-hydroxylation sites is 1. The molecule has 0 atom stereocenters. The van der Waals surface area contributed by atoms with Crippen molar-refractivity contribution in [3.63, 3.8) is 0 Å². The maximum Gasteiger partial charge on any atom is 0.226 e. The fraction of sp³-hybridized carbons (Fsp3) is 0.412. The first-order valence-corrected chi connectivity index (χ1v) is 8.41. The van der Waals surface area contributed by atoms with Crippen molar-refractivity contribution >= 4 is 17.2 Å². The van der Waals surface area contributed by atoms with Crippen LogP contribution < -0.4 is 10.1 Å². The van der Waals surface area contributed by atoms with Crippen molar-refractivity contribution in [2.45, 2.75) is 27.2 Å². The second-order valence-electron chi connectivity index (χ2n) is 5.45. The van der Waals surface area contributed by atoms with E-state index in [2.05, 4.69) is 24.1 Å². The number of carbonyl (C=O) groups is 1. The Morgan fingerprint density at radius 2 is 2.14 bits per heavy atom. The smallest absolute Gasteiger partial charge is 0.226 e. The molecular weight excluding hydrogens is 296 g/mol. The fourth-order valence-electron chi connectivity index (χ4n) is 1.98. The molecule has 0 saturated heterocycles. The molecule has 22 heavy (non-hydrogen) atoms. The van der Waals surface area contributed by atoms with Gasteiger partial charge in [0.1, 0.15) is 10.8 Å². The van der Waals surface area contributed by atoms with Gasteiger partial charge in [0.25, 0.3) is 0 Å². The number of benzene rings is 1. The standard InChI is InChI=1S/C17H22N2O2S/c1-4-21-15-8-6-5-7-14(15)17-19-13(11-22-17)9-16(20)18-10-12(2)3/h5-8,11-12H,4,9-10H2,1-3H3,(H,18,20). The van der Waals surface area contributed by atoms with Crippen molar-refractivity contribution in [1.82, 2.24) is 10.3 Å². The van der Waals surface area contributed by atoms with Crippen molar-refractivity contribution in [3.8, 4) is 16.3 Å². The summed E-state index contributed by atoms with van der Waals surface area (Å²) < 4.78 is 5.63. The Morgan fingerprint density at radius 3 is 2.86 bits per heavy atom. The third kappa shape index (κ3) is 4.56. The molecular formula is C17H22N2O2S. The van der Waals surface area contributed by atoms with Crippen molar-refractivity contribution < 1.29 is 9.53 Å². The van der Waals surface area contributed by atoms with E-state index in [0.717, 1.165) is 22.0 Å². The number of thiazole rings is 1. The normalized spacial score (nSPS) is 10.7. The summed E-state index contributed by atoms with van der Waals surface area (Å²) in [6, 6.07) is 7.85. The zero-order valence-corrected chi connectivity index (χ0v) is 14.1. The summed E-state index contributed by atoms with van der Waals surface area (Å²) in [4.78, 5) is 16.4. The Kier molecular flexibility index (Phi) is 5.95. The number of rotatable bonds is 7. The summed E-state index contributed by atoms with van der Waals surface area (Å²) in [6.07, 6.45) is 0.319. The molecule has 0 radical (unpaired) electrons. The molecule has 0 bridgehead atoms. The molecule has 1 N–H and O–H groups in total. The van der Waals surface area contributed by atoms with Crippen LogP contribution in [0.4, 0.5) is 0 Å². The van der Waals surface area contributed by atoms with Gasteiger partial charge in [-0.25, -0.2) is 4.98 Å². The lowest BCUT2D eigenvalue weighted by Crippen LogP contribution is -2.28. The number of carbonyl (C=O) groups excluding carboxylic acids is 1. The number of ether oxygens (including phenoxy) is 1. The molecule has 1 aromatic heterocycles. The molecule has 4 nitrogen and oxygen atoms in total. The maximum absolute atomic E-state index is 11.9. The SMILES string of the molecule is CCOc1ccccc1-c1nc(CC(=O)NCC(C)C)cs1. The highest BCUT2D eigenvalue weighted by Crippen LogP contribution is 2.32. The Hall–Kier alpha value is -1.88. The van der Waals surface area contributed by atoms with E-state index < -0.39 is 0 Å². The van der Waals surface area contributed by atoms with Crippen LogP contribution in [0.2, 0.25) is 0 Å². The van der Waals surface area contributed by atoms with Crippen molar-refractivity contribution in [2.24, 2.45) is 5.92 Å². The van der Waals surface area contributed by atoms with E-state index in [1.54, 1.807) is 0 Å².